The smallest absolute Gasteiger partial charge is 0.411 e. The summed E-state index contributed by atoms with van der Waals surface area (Å²) in [5.41, 5.74) is 4.40. The Morgan fingerprint density at radius 3 is 2.21 bits per heavy atom. The molecule has 4 rings (SSSR count). The van der Waals surface area contributed by atoms with E-state index in [4.69, 9.17) is 4.74 Å². The maximum atomic E-state index is 11.6. The minimum atomic E-state index is -0.429. The molecule has 0 spiro atoms. The minimum absolute atomic E-state index is 0. The standard InChI is InChI=1S/C24H22N2O2.ClH/c1-3-28-24(27)25-18-14-12-17(13-15-18)16-23-21-10-5-4-8-19(21)20-9-6-7-11-22(20)26(23)2;/h4-15H,3,16H2,1-2H3;1H. The van der Waals surface area contributed by atoms with Gasteiger partial charge in [-0.2, -0.15) is 4.57 Å². The van der Waals surface area contributed by atoms with E-state index in [1.54, 1.807) is 6.92 Å². The molecule has 0 unspecified atom stereocenters. The molecule has 29 heavy (non-hydrogen) atoms. The second-order valence-corrected chi connectivity index (χ2v) is 6.79. The molecule has 0 fully saturated rings. The minimum Gasteiger partial charge on any atom is -1.00 e. The normalized spacial score (nSPS) is 10.6. The molecular weight excluding hydrogens is 384 g/mol. The predicted molar refractivity (Wildman–Crippen MR) is 113 cm³/mol. The molecule has 0 saturated heterocycles. The van der Waals surface area contributed by atoms with Crippen molar-refractivity contribution in [1.29, 1.82) is 0 Å². The van der Waals surface area contributed by atoms with Crippen LogP contribution in [-0.2, 0) is 18.2 Å². The first-order valence-corrected chi connectivity index (χ1v) is 9.48. The Kier molecular flexibility index (Phi) is 6.35. The van der Waals surface area contributed by atoms with Crippen LogP contribution in [0.1, 0.15) is 18.2 Å². The highest BCUT2D eigenvalue weighted by Crippen LogP contribution is 2.26. The molecule has 0 aliphatic rings. The first-order valence-electron chi connectivity index (χ1n) is 9.48. The number of para-hydroxylation sites is 1. The topological polar surface area (TPSA) is 42.2 Å². The van der Waals surface area contributed by atoms with Gasteiger partial charge >= 0.3 is 6.09 Å². The fourth-order valence-corrected chi connectivity index (χ4v) is 3.69. The van der Waals surface area contributed by atoms with Gasteiger partial charge < -0.3 is 17.1 Å². The number of nitrogens with one attached hydrogen (secondary N) is 1. The first kappa shape index (κ1) is 20.6. The Labute approximate surface area is 176 Å². The maximum absolute atomic E-state index is 11.6. The molecule has 0 bridgehead atoms. The van der Waals surface area contributed by atoms with Crippen molar-refractivity contribution in [3.63, 3.8) is 0 Å². The molecular formula is C24H23ClN2O2. The highest BCUT2D eigenvalue weighted by Gasteiger charge is 2.18. The summed E-state index contributed by atoms with van der Waals surface area (Å²) in [6.07, 6.45) is 0.379. The number of nitrogens with zero attached hydrogens (tertiary/aromatic N) is 1. The Hall–Kier alpha value is -3.11. The van der Waals surface area contributed by atoms with Gasteiger partial charge in [0.1, 0.15) is 7.05 Å². The highest BCUT2D eigenvalue weighted by molar-refractivity contribution is 6.04. The van der Waals surface area contributed by atoms with Gasteiger partial charge in [-0.15, -0.1) is 0 Å². The zero-order valence-electron chi connectivity index (χ0n) is 16.5. The molecule has 1 amide bonds. The third kappa shape index (κ3) is 4.17. The lowest BCUT2D eigenvalue weighted by atomic mass is 9.99. The molecule has 0 atom stereocenters. The van der Waals surface area contributed by atoms with E-state index in [9.17, 15) is 4.79 Å². The molecule has 1 aromatic heterocycles. The number of ether oxygens (including phenoxy) is 1. The largest absolute Gasteiger partial charge is 1.00 e. The quantitative estimate of drug-likeness (QED) is 0.416. The van der Waals surface area contributed by atoms with Gasteiger partial charge in [-0.25, -0.2) is 4.79 Å². The van der Waals surface area contributed by atoms with Gasteiger partial charge in [0.15, 0.2) is 5.69 Å². The summed E-state index contributed by atoms with van der Waals surface area (Å²) in [6.45, 7) is 2.14. The SMILES string of the molecule is CCOC(=O)Nc1ccc(Cc2c3ccccc3c3ccccc3[n+]2C)cc1.[Cl-]. The Balaban J connectivity index is 0.00000240. The fourth-order valence-electron chi connectivity index (χ4n) is 3.69. The van der Waals surface area contributed by atoms with E-state index in [0.717, 1.165) is 12.1 Å². The molecule has 0 saturated carbocycles. The van der Waals surface area contributed by atoms with Crippen molar-refractivity contribution < 1.29 is 26.5 Å². The first-order chi connectivity index (χ1) is 13.7. The second kappa shape index (κ2) is 8.93. The number of benzene rings is 3. The van der Waals surface area contributed by atoms with Crippen molar-refractivity contribution in [1.82, 2.24) is 0 Å². The Morgan fingerprint density at radius 2 is 1.52 bits per heavy atom. The summed E-state index contributed by atoms with van der Waals surface area (Å²) < 4.78 is 7.20. The van der Waals surface area contributed by atoms with Gasteiger partial charge in [-0.1, -0.05) is 42.5 Å². The van der Waals surface area contributed by atoms with Crippen molar-refractivity contribution in [3.05, 3.63) is 84.1 Å². The molecule has 1 heterocycles. The van der Waals surface area contributed by atoms with Crippen molar-refractivity contribution >= 4 is 33.5 Å². The lowest BCUT2D eigenvalue weighted by molar-refractivity contribution is -0.651. The van der Waals surface area contributed by atoms with Crippen LogP contribution < -0.4 is 22.3 Å². The van der Waals surface area contributed by atoms with E-state index < -0.39 is 6.09 Å². The number of hydrogen-bond donors (Lipinski definition) is 1. The van der Waals surface area contributed by atoms with Crippen molar-refractivity contribution in [3.8, 4) is 0 Å². The lowest BCUT2D eigenvalue weighted by Gasteiger charge is -2.10. The summed E-state index contributed by atoms with van der Waals surface area (Å²) in [5, 5.41) is 6.53. The van der Waals surface area contributed by atoms with Crippen molar-refractivity contribution in [2.45, 2.75) is 13.3 Å². The number of fused-ring (bicyclic) bond motifs is 3. The van der Waals surface area contributed by atoms with Gasteiger partial charge in [0, 0.05) is 22.5 Å². The van der Waals surface area contributed by atoms with Gasteiger partial charge in [0.2, 0.25) is 5.52 Å². The number of aromatic nitrogens is 1. The zero-order chi connectivity index (χ0) is 19.5. The summed E-state index contributed by atoms with van der Waals surface area (Å²) in [7, 11) is 2.13. The molecule has 5 heteroatoms. The fraction of sp³-hybridized carbons (Fsp3) is 0.167. The number of carbonyl (C=O) groups excluding carboxylic acids is 1. The van der Waals surface area contributed by atoms with Crippen LogP contribution in [0.3, 0.4) is 0 Å². The highest BCUT2D eigenvalue weighted by atomic mass is 35.5. The maximum Gasteiger partial charge on any atom is 0.411 e. The Bertz CT molecular complexity index is 1160. The van der Waals surface area contributed by atoms with E-state index in [0.29, 0.717) is 6.61 Å². The van der Waals surface area contributed by atoms with Crippen LogP contribution in [0.4, 0.5) is 10.5 Å². The van der Waals surface area contributed by atoms with Gasteiger partial charge in [-0.3, -0.25) is 5.32 Å². The van der Waals surface area contributed by atoms with Gasteiger partial charge in [0.25, 0.3) is 0 Å². The summed E-state index contributed by atoms with van der Waals surface area (Å²) in [4.78, 5) is 11.6. The molecule has 1 N–H and O–H groups in total. The number of aryl methyl sites for hydroxylation is 1. The number of halogens is 1. The average molecular weight is 407 g/mol. The molecule has 0 aliphatic carbocycles. The number of anilines is 1. The zero-order valence-corrected chi connectivity index (χ0v) is 17.2. The van der Waals surface area contributed by atoms with E-state index in [1.165, 1.54) is 32.9 Å². The van der Waals surface area contributed by atoms with Gasteiger partial charge in [0.05, 0.1) is 18.4 Å². The number of rotatable bonds is 4. The molecule has 3 aromatic carbocycles. The van der Waals surface area contributed by atoms with Crippen LogP contribution in [0.2, 0.25) is 0 Å². The van der Waals surface area contributed by atoms with Crippen LogP contribution in [0.25, 0.3) is 21.7 Å². The van der Waals surface area contributed by atoms with E-state index >= 15 is 0 Å². The predicted octanol–water partition coefficient (Wildman–Crippen LogP) is 1.98. The van der Waals surface area contributed by atoms with Crippen LogP contribution in [0.5, 0.6) is 0 Å². The monoisotopic (exact) mass is 406 g/mol. The molecule has 4 aromatic rings. The second-order valence-electron chi connectivity index (χ2n) is 6.79. The molecule has 148 valence electrons. The number of pyridine rings is 1. The third-order valence-electron chi connectivity index (χ3n) is 5.05. The van der Waals surface area contributed by atoms with Crippen molar-refractivity contribution in [2.75, 3.05) is 11.9 Å². The van der Waals surface area contributed by atoms with E-state index in [2.05, 4.69) is 65.5 Å². The average Bonchev–Trinajstić information content (AvgIpc) is 2.72. The Morgan fingerprint density at radius 1 is 0.897 bits per heavy atom. The molecule has 0 aliphatic heterocycles. The van der Waals surface area contributed by atoms with Crippen LogP contribution in [-0.4, -0.2) is 12.7 Å². The molecule has 0 radical (unpaired) electrons. The van der Waals surface area contributed by atoms with Crippen LogP contribution >= 0.6 is 0 Å². The summed E-state index contributed by atoms with van der Waals surface area (Å²) >= 11 is 0. The number of amides is 1. The van der Waals surface area contributed by atoms with Crippen molar-refractivity contribution in [2.24, 2.45) is 7.05 Å². The number of hydrogen-bond acceptors (Lipinski definition) is 2. The van der Waals surface area contributed by atoms with Gasteiger partial charge in [-0.05, 0) is 36.8 Å². The lowest BCUT2D eigenvalue weighted by Crippen LogP contribution is -3.00. The summed E-state index contributed by atoms with van der Waals surface area (Å²) in [5.74, 6) is 0. The number of carbonyl (C=O) groups is 1. The van der Waals surface area contributed by atoms with Crippen LogP contribution in [0.15, 0.2) is 72.8 Å². The molecule has 4 nitrogen and oxygen atoms in total. The van der Waals surface area contributed by atoms with Crippen LogP contribution in [0, 0.1) is 0 Å². The van der Waals surface area contributed by atoms with E-state index in [-0.39, 0.29) is 12.4 Å². The van der Waals surface area contributed by atoms with E-state index in [1.807, 2.05) is 24.3 Å². The third-order valence-corrected chi connectivity index (χ3v) is 5.05. The summed E-state index contributed by atoms with van der Waals surface area (Å²) in [6, 6.07) is 25.0.